The highest BCUT2D eigenvalue weighted by Gasteiger charge is 2.12. The summed E-state index contributed by atoms with van der Waals surface area (Å²) in [4.78, 5) is 18.4. The van der Waals surface area contributed by atoms with Gasteiger partial charge in [-0.2, -0.15) is 4.98 Å². The van der Waals surface area contributed by atoms with Crippen molar-refractivity contribution in [2.24, 2.45) is 0 Å². The van der Waals surface area contributed by atoms with Crippen molar-refractivity contribution >= 4 is 58.9 Å². The summed E-state index contributed by atoms with van der Waals surface area (Å²) >= 11 is 2.89. The van der Waals surface area contributed by atoms with Gasteiger partial charge in [-0.3, -0.25) is 0 Å². The first-order chi connectivity index (χ1) is 14.2. The Kier molecular flexibility index (Phi) is 9.32. The van der Waals surface area contributed by atoms with E-state index in [1.54, 1.807) is 25.6 Å². The maximum Gasteiger partial charge on any atom is 0.217 e. The number of benzene rings is 1. The number of nitrogens with one attached hydrogen (secondary N) is 1. The van der Waals surface area contributed by atoms with Crippen molar-refractivity contribution in [3.63, 3.8) is 0 Å². The van der Waals surface area contributed by atoms with Crippen LogP contribution in [-0.4, -0.2) is 27.0 Å². The molecule has 1 aromatic carbocycles. The van der Waals surface area contributed by atoms with Crippen LogP contribution < -0.4 is 14.8 Å². The number of methoxy groups -OCH3 is 1. The van der Waals surface area contributed by atoms with Crippen molar-refractivity contribution in [2.45, 2.75) is 17.0 Å². The van der Waals surface area contributed by atoms with Crippen LogP contribution in [0.4, 0.5) is 10.9 Å². The number of anilines is 2. The standard InChI is InChI=1S/C20H17N5O2S2.2ClH/c1-13-12-28-20(23-13)25-18-16(27-14-6-4-3-5-7-14)10-15(11-22-18)29-19-21-9-8-17(24-19)26-2;;/h3-12H,1-2H3,(H,22,23,25);2*1H. The Morgan fingerprint density at radius 2 is 1.84 bits per heavy atom. The summed E-state index contributed by atoms with van der Waals surface area (Å²) in [6.07, 6.45) is 3.40. The number of halogens is 2. The number of hydrogen-bond donors (Lipinski definition) is 1. The Labute approximate surface area is 200 Å². The molecular formula is C20H19Cl2N5O2S2. The first kappa shape index (κ1) is 24.7. The van der Waals surface area contributed by atoms with Gasteiger partial charge < -0.3 is 14.8 Å². The van der Waals surface area contributed by atoms with Crippen LogP contribution in [0.15, 0.2) is 70.3 Å². The lowest BCUT2D eigenvalue weighted by molar-refractivity contribution is 0.392. The van der Waals surface area contributed by atoms with Crippen molar-refractivity contribution < 1.29 is 9.47 Å². The molecule has 0 radical (unpaired) electrons. The summed E-state index contributed by atoms with van der Waals surface area (Å²) in [6.45, 7) is 1.95. The quantitative estimate of drug-likeness (QED) is 0.304. The van der Waals surface area contributed by atoms with Gasteiger partial charge in [-0.1, -0.05) is 18.2 Å². The zero-order valence-corrected chi connectivity index (χ0v) is 19.8. The fourth-order valence-corrected chi connectivity index (χ4v) is 3.79. The summed E-state index contributed by atoms with van der Waals surface area (Å²) in [6, 6.07) is 13.2. The number of para-hydroxylation sites is 1. The molecule has 7 nitrogen and oxygen atoms in total. The molecule has 0 aliphatic rings. The lowest BCUT2D eigenvalue weighted by Gasteiger charge is -2.12. The van der Waals surface area contributed by atoms with Crippen LogP contribution in [0.3, 0.4) is 0 Å². The molecule has 0 saturated carbocycles. The largest absolute Gasteiger partial charge is 0.481 e. The monoisotopic (exact) mass is 495 g/mol. The van der Waals surface area contributed by atoms with E-state index in [1.807, 2.05) is 48.7 Å². The molecule has 3 heterocycles. The lowest BCUT2D eigenvalue weighted by atomic mass is 10.3. The van der Waals surface area contributed by atoms with Gasteiger partial charge in [0.1, 0.15) is 5.75 Å². The highest BCUT2D eigenvalue weighted by Crippen LogP contribution is 2.35. The van der Waals surface area contributed by atoms with Crippen LogP contribution in [0, 0.1) is 6.92 Å². The van der Waals surface area contributed by atoms with E-state index < -0.39 is 0 Å². The fourth-order valence-electron chi connectivity index (χ4n) is 2.38. The molecule has 0 amide bonds. The third-order valence-electron chi connectivity index (χ3n) is 3.67. The summed E-state index contributed by atoms with van der Waals surface area (Å²) in [5.74, 6) is 2.39. The third-order valence-corrected chi connectivity index (χ3v) is 5.38. The molecule has 11 heteroatoms. The van der Waals surface area contributed by atoms with E-state index in [-0.39, 0.29) is 24.8 Å². The number of nitrogens with zero attached hydrogens (tertiary/aromatic N) is 4. The number of ether oxygens (including phenoxy) is 2. The Morgan fingerprint density at radius 3 is 2.55 bits per heavy atom. The Bertz CT molecular complexity index is 1120. The second-order valence-corrected chi connectivity index (χ2v) is 7.73. The van der Waals surface area contributed by atoms with Crippen molar-refractivity contribution in [3.8, 4) is 17.4 Å². The number of hydrogen-bond acceptors (Lipinski definition) is 9. The molecule has 162 valence electrons. The molecule has 4 aromatic rings. The Balaban J connectivity index is 0.00000171. The highest BCUT2D eigenvalue weighted by molar-refractivity contribution is 7.99. The average molecular weight is 496 g/mol. The number of rotatable bonds is 7. The van der Waals surface area contributed by atoms with Crippen molar-refractivity contribution in [2.75, 3.05) is 12.4 Å². The van der Waals surface area contributed by atoms with Crippen molar-refractivity contribution in [1.29, 1.82) is 0 Å². The van der Waals surface area contributed by atoms with E-state index in [0.717, 1.165) is 15.7 Å². The topological polar surface area (TPSA) is 82.1 Å². The number of aromatic nitrogens is 4. The maximum absolute atomic E-state index is 6.08. The van der Waals surface area contributed by atoms with Gasteiger partial charge in [0, 0.05) is 34.8 Å². The first-order valence-corrected chi connectivity index (χ1v) is 10.4. The van der Waals surface area contributed by atoms with Crippen LogP contribution in [0.1, 0.15) is 5.69 Å². The number of thiazole rings is 1. The summed E-state index contributed by atoms with van der Waals surface area (Å²) in [7, 11) is 1.57. The van der Waals surface area contributed by atoms with Crippen LogP contribution in [-0.2, 0) is 0 Å². The molecule has 0 fully saturated rings. The molecule has 0 spiro atoms. The van der Waals surface area contributed by atoms with Crippen molar-refractivity contribution in [1.82, 2.24) is 19.9 Å². The molecule has 0 atom stereocenters. The van der Waals surface area contributed by atoms with Gasteiger partial charge in [-0.15, -0.1) is 36.2 Å². The molecule has 31 heavy (non-hydrogen) atoms. The molecule has 0 aliphatic heterocycles. The van der Waals surface area contributed by atoms with E-state index in [9.17, 15) is 0 Å². The zero-order valence-electron chi connectivity index (χ0n) is 16.5. The second-order valence-electron chi connectivity index (χ2n) is 5.84. The molecule has 0 aliphatic carbocycles. The first-order valence-electron chi connectivity index (χ1n) is 8.66. The van der Waals surface area contributed by atoms with Crippen LogP contribution in [0.5, 0.6) is 17.4 Å². The summed E-state index contributed by atoms with van der Waals surface area (Å²) in [5, 5.41) is 6.53. The van der Waals surface area contributed by atoms with Gasteiger partial charge in [-0.25, -0.2) is 15.0 Å². The molecule has 1 N–H and O–H groups in total. The van der Waals surface area contributed by atoms with E-state index >= 15 is 0 Å². The lowest BCUT2D eigenvalue weighted by Crippen LogP contribution is -1.98. The van der Waals surface area contributed by atoms with Crippen LogP contribution in [0.2, 0.25) is 0 Å². The van der Waals surface area contributed by atoms with E-state index in [0.29, 0.717) is 28.4 Å². The summed E-state index contributed by atoms with van der Waals surface area (Å²) < 4.78 is 11.2. The van der Waals surface area contributed by atoms with Crippen LogP contribution in [0.25, 0.3) is 0 Å². The van der Waals surface area contributed by atoms with Gasteiger partial charge >= 0.3 is 0 Å². The minimum Gasteiger partial charge on any atom is -0.481 e. The number of aryl methyl sites for hydroxylation is 1. The smallest absolute Gasteiger partial charge is 0.217 e. The molecule has 0 unspecified atom stereocenters. The molecular weight excluding hydrogens is 477 g/mol. The Morgan fingerprint density at radius 1 is 1.03 bits per heavy atom. The minimum absolute atomic E-state index is 0. The molecule has 0 saturated heterocycles. The predicted molar refractivity (Wildman–Crippen MR) is 128 cm³/mol. The predicted octanol–water partition coefficient (Wildman–Crippen LogP) is 6.18. The van der Waals surface area contributed by atoms with E-state index in [2.05, 4.69) is 25.3 Å². The van der Waals surface area contributed by atoms with E-state index in [1.165, 1.54) is 23.1 Å². The van der Waals surface area contributed by atoms with E-state index in [4.69, 9.17) is 9.47 Å². The molecule has 0 bridgehead atoms. The average Bonchev–Trinajstić information content (AvgIpc) is 3.15. The fraction of sp³-hybridized carbons (Fsp3) is 0.100. The maximum atomic E-state index is 6.08. The van der Waals surface area contributed by atoms with Gasteiger partial charge in [0.25, 0.3) is 0 Å². The third kappa shape index (κ3) is 6.70. The van der Waals surface area contributed by atoms with Gasteiger partial charge in [0.15, 0.2) is 21.9 Å². The zero-order chi connectivity index (χ0) is 20.1. The molecule has 3 aromatic heterocycles. The molecule has 4 rings (SSSR count). The number of pyridine rings is 1. The SMILES string of the molecule is COc1ccnc(Sc2cnc(Nc3nc(C)cs3)c(Oc3ccccc3)c2)n1.Cl.Cl. The van der Waals surface area contributed by atoms with Gasteiger partial charge in [-0.05, 0) is 30.8 Å². The minimum atomic E-state index is 0. The van der Waals surface area contributed by atoms with Gasteiger partial charge in [0.05, 0.1) is 12.8 Å². The Hall–Kier alpha value is -2.59. The van der Waals surface area contributed by atoms with Gasteiger partial charge in [0.2, 0.25) is 5.88 Å². The summed E-state index contributed by atoms with van der Waals surface area (Å²) in [5.41, 5.74) is 0.949. The normalized spacial score (nSPS) is 9.87. The highest BCUT2D eigenvalue weighted by atomic mass is 35.5. The van der Waals surface area contributed by atoms with Crippen molar-refractivity contribution in [3.05, 3.63) is 65.9 Å². The van der Waals surface area contributed by atoms with Crippen LogP contribution >= 0.6 is 47.9 Å². The second kappa shape index (κ2) is 11.7.